The first kappa shape index (κ1) is 22.4. The van der Waals surface area contributed by atoms with E-state index in [0.717, 1.165) is 5.56 Å². The predicted molar refractivity (Wildman–Crippen MR) is 116 cm³/mol. The highest BCUT2D eigenvalue weighted by molar-refractivity contribution is 6.30. The van der Waals surface area contributed by atoms with Crippen molar-refractivity contribution in [1.29, 1.82) is 0 Å². The summed E-state index contributed by atoms with van der Waals surface area (Å²) < 4.78 is 30.1. The number of benzene rings is 3. The highest BCUT2D eigenvalue weighted by Gasteiger charge is 2.40. The molecule has 0 saturated carbocycles. The van der Waals surface area contributed by atoms with Gasteiger partial charge in [-0.25, -0.2) is 13.6 Å². The van der Waals surface area contributed by atoms with Gasteiger partial charge in [0.05, 0.1) is 5.71 Å². The van der Waals surface area contributed by atoms with Crippen LogP contribution in [0.4, 0.5) is 8.78 Å². The van der Waals surface area contributed by atoms with Crippen LogP contribution in [0.2, 0.25) is 5.02 Å². The third kappa shape index (κ3) is 5.47. The Balaban J connectivity index is 1.82. The second-order valence-corrected chi connectivity index (χ2v) is 7.62. The number of carboxylic acid groups (broad SMARTS) is 1. The third-order valence-corrected chi connectivity index (χ3v) is 5.31. The highest BCUT2D eigenvalue weighted by Crippen LogP contribution is 2.29. The van der Waals surface area contributed by atoms with Crippen molar-refractivity contribution in [2.45, 2.75) is 24.9 Å². The fourth-order valence-electron chi connectivity index (χ4n) is 3.28. The smallest absolute Gasteiger partial charge is 0.341 e. The molecule has 3 aromatic rings. The van der Waals surface area contributed by atoms with Gasteiger partial charge in [0.2, 0.25) is 5.67 Å². The highest BCUT2D eigenvalue weighted by atomic mass is 35.5. The first-order chi connectivity index (χ1) is 14.8. The van der Waals surface area contributed by atoms with E-state index in [2.05, 4.69) is 5.16 Å². The maximum absolute atomic E-state index is 15.3. The lowest BCUT2D eigenvalue weighted by atomic mass is 9.88. The molecule has 4 nitrogen and oxygen atoms in total. The number of aryl methyl sites for hydroxylation is 1. The molecule has 0 saturated heterocycles. The van der Waals surface area contributed by atoms with Crippen LogP contribution in [0.3, 0.4) is 0 Å². The summed E-state index contributed by atoms with van der Waals surface area (Å²) in [6.07, 6.45) is -0.959. The first-order valence-electron chi connectivity index (χ1n) is 9.55. The number of aliphatic carboxylic acids is 1. The molecule has 1 atom stereocenters. The fraction of sp³-hybridized carbons (Fsp3) is 0.167. The minimum Gasteiger partial charge on any atom is -0.479 e. The minimum absolute atomic E-state index is 0.164. The molecule has 0 aliphatic heterocycles. The Labute approximate surface area is 183 Å². The van der Waals surface area contributed by atoms with E-state index in [1.807, 2.05) is 0 Å². The molecule has 0 aliphatic rings. The average Bonchev–Trinajstić information content (AvgIpc) is 2.77. The van der Waals surface area contributed by atoms with Crippen molar-refractivity contribution in [1.82, 2.24) is 0 Å². The van der Waals surface area contributed by atoms with Crippen LogP contribution >= 0.6 is 11.6 Å². The number of halogens is 3. The molecule has 0 aliphatic carbocycles. The Kier molecular flexibility index (Phi) is 7.02. The van der Waals surface area contributed by atoms with Gasteiger partial charge in [0, 0.05) is 17.0 Å². The van der Waals surface area contributed by atoms with Gasteiger partial charge in [-0.1, -0.05) is 65.3 Å². The van der Waals surface area contributed by atoms with Gasteiger partial charge in [0.15, 0.2) is 0 Å². The summed E-state index contributed by atoms with van der Waals surface area (Å²) in [7, 11) is 0. The molecule has 160 valence electrons. The van der Waals surface area contributed by atoms with E-state index in [0.29, 0.717) is 16.1 Å². The lowest BCUT2D eigenvalue weighted by Gasteiger charge is -2.21. The zero-order valence-electron chi connectivity index (χ0n) is 16.4. The van der Waals surface area contributed by atoms with Crippen molar-refractivity contribution in [3.05, 3.63) is 94.8 Å². The summed E-state index contributed by atoms with van der Waals surface area (Å²) in [6.45, 7) is 0. The number of hydrogen-bond donors (Lipinski definition) is 2. The van der Waals surface area contributed by atoms with E-state index in [4.69, 9.17) is 11.6 Å². The monoisotopic (exact) mass is 443 g/mol. The molecule has 3 rings (SSSR count). The number of alkyl halides is 1. The van der Waals surface area contributed by atoms with Gasteiger partial charge in [-0.05, 0) is 53.8 Å². The van der Waals surface area contributed by atoms with Crippen LogP contribution in [0, 0.1) is 5.82 Å². The lowest BCUT2D eigenvalue weighted by molar-refractivity contribution is -0.150. The summed E-state index contributed by atoms with van der Waals surface area (Å²) in [5, 5.41) is 22.4. The molecular formula is C24H20ClF2NO3. The van der Waals surface area contributed by atoms with Gasteiger partial charge in [-0.15, -0.1) is 0 Å². The van der Waals surface area contributed by atoms with Crippen LogP contribution in [-0.2, 0) is 11.2 Å². The minimum atomic E-state index is -2.72. The molecule has 2 N–H and O–H groups in total. The van der Waals surface area contributed by atoms with E-state index >= 15 is 4.39 Å². The van der Waals surface area contributed by atoms with E-state index in [1.165, 1.54) is 12.1 Å². The summed E-state index contributed by atoms with van der Waals surface area (Å²) in [5.74, 6) is -2.45. The third-order valence-electron chi connectivity index (χ3n) is 5.06. The van der Waals surface area contributed by atoms with Crippen LogP contribution in [0.25, 0.3) is 11.1 Å². The molecule has 31 heavy (non-hydrogen) atoms. The summed E-state index contributed by atoms with van der Waals surface area (Å²) in [6, 6.07) is 19.8. The second kappa shape index (κ2) is 9.71. The quantitative estimate of drug-likeness (QED) is 0.249. The topological polar surface area (TPSA) is 69.9 Å². The Morgan fingerprint density at radius 2 is 1.65 bits per heavy atom. The van der Waals surface area contributed by atoms with Gasteiger partial charge in [0.25, 0.3) is 0 Å². The Hall–Kier alpha value is -3.25. The van der Waals surface area contributed by atoms with Crippen molar-refractivity contribution in [3.63, 3.8) is 0 Å². The van der Waals surface area contributed by atoms with Gasteiger partial charge in [-0.3, -0.25) is 0 Å². The maximum atomic E-state index is 15.3. The zero-order valence-corrected chi connectivity index (χ0v) is 17.2. The maximum Gasteiger partial charge on any atom is 0.341 e. The molecule has 0 spiro atoms. The molecule has 0 fully saturated rings. The number of nitrogens with zero attached hydrogens (tertiary/aromatic N) is 1. The summed E-state index contributed by atoms with van der Waals surface area (Å²) in [5.41, 5.74) is -1.23. The molecule has 7 heteroatoms. The first-order valence-corrected chi connectivity index (χ1v) is 9.93. The van der Waals surface area contributed by atoms with Gasteiger partial charge in [-0.2, -0.15) is 0 Å². The van der Waals surface area contributed by atoms with Crippen LogP contribution in [0.5, 0.6) is 0 Å². The van der Waals surface area contributed by atoms with E-state index < -0.39 is 23.9 Å². The molecule has 0 bridgehead atoms. The molecule has 1 unspecified atom stereocenters. The standard InChI is InChI=1S/C24H20ClF2NO3/c25-19-9-6-17(7-10-19)18-8-11-20(21(26)14-18)22(28-31)15-24(27,23(29)30)13-12-16-4-2-1-3-5-16/h1-11,14,31H,12-13,15H2,(H,29,30)/b28-22+. The molecule has 0 amide bonds. The molecule has 0 aromatic heterocycles. The Bertz CT molecular complexity index is 1090. The van der Waals surface area contributed by atoms with Crippen LogP contribution in [0.15, 0.2) is 78.0 Å². The van der Waals surface area contributed by atoms with E-state index in [9.17, 15) is 19.5 Å². The Morgan fingerprint density at radius 1 is 1.00 bits per heavy atom. The predicted octanol–water partition coefficient (Wildman–Crippen LogP) is 6.14. The van der Waals surface area contributed by atoms with Crippen molar-refractivity contribution in [2.24, 2.45) is 5.16 Å². The van der Waals surface area contributed by atoms with Gasteiger partial charge >= 0.3 is 5.97 Å². The van der Waals surface area contributed by atoms with Crippen molar-refractivity contribution in [2.75, 3.05) is 0 Å². The number of oxime groups is 1. The molecule has 3 aromatic carbocycles. The zero-order chi connectivity index (χ0) is 22.4. The van der Waals surface area contributed by atoms with Crippen molar-refractivity contribution >= 4 is 23.3 Å². The molecular weight excluding hydrogens is 424 g/mol. The van der Waals surface area contributed by atoms with Crippen molar-refractivity contribution in [3.8, 4) is 11.1 Å². The van der Waals surface area contributed by atoms with Crippen LogP contribution in [-0.4, -0.2) is 27.7 Å². The van der Waals surface area contributed by atoms with Crippen LogP contribution < -0.4 is 0 Å². The van der Waals surface area contributed by atoms with Gasteiger partial charge in [0.1, 0.15) is 5.82 Å². The SMILES string of the molecule is O=C(O)C(F)(CCc1ccccc1)C/C(=N\O)c1ccc(-c2ccc(Cl)cc2)cc1F. The largest absolute Gasteiger partial charge is 0.479 e. The number of hydrogen-bond acceptors (Lipinski definition) is 3. The summed E-state index contributed by atoms with van der Waals surface area (Å²) in [4.78, 5) is 11.7. The number of carboxylic acids is 1. The second-order valence-electron chi connectivity index (χ2n) is 7.18. The van der Waals surface area contributed by atoms with Crippen molar-refractivity contribution < 1.29 is 23.9 Å². The van der Waals surface area contributed by atoms with Crippen LogP contribution in [0.1, 0.15) is 24.0 Å². The molecule has 0 heterocycles. The Morgan fingerprint density at radius 3 is 2.23 bits per heavy atom. The summed E-state index contributed by atoms with van der Waals surface area (Å²) >= 11 is 5.87. The van der Waals surface area contributed by atoms with E-state index in [-0.39, 0.29) is 24.1 Å². The average molecular weight is 444 g/mol. The number of rotatable bonds is 8. The normalized spacial score (nSPS) is 13.6. The fourth-order valence-corrected chi connectivity index (χ4v) is 3.40. The lowest BCUT2D eigenvalue weighted by Crippen LogP contribution is -2.37. The molecule has 0 radical (unpaired) electrons. The number of carbonyl (C=O) groups is 1. The van der Waals surface area contributed by atoms with Gasteiger partial charge < -0.3 is 10.3 Å². The van der Waals surface area contributed by atoms with E-state index in [1.54, 1.807) is 60.7 Å².